The summed E-state index contributed by atoms with van der Waals surface area (Å²) in [5.74, 6) is -0.541. The molecule has 1 saturated carbocycles. The van der Waals surface area contributed by atoms with Gasteiger partial charge in [0.2, 0.25) is 15.9 Å². The van der Waals surface area contributed by atoms with Crippen LogP contribution in [0.4, 0.5) is 4.39 Å². The van der Waals surface area contributed by atoms with Gasteiger partial charge in [-0.25, -0.2) is 17.5 Å². The average molecular weight is 482 g/mol. The van der Waals surface area contributed by atoms with Crippen LogP contribution in [0, 0.1) is 11.7 Å². The largest absolute Gasteiger partial charge is 0.349 e. The number of amides is 1. The van der Waals surface area contributed by atoms with Gasteiger partial charge in [-0.1, -0.05) is 42.5 Å². The Morgan fingerprint density at radius 2 is 1.65 bits per heavy atom. The van der Waals surface area contributed by atoms with E-state index in [1.807, 2.05) is 37.3 Å². The first-order valence-electron chi connectivity index (χ1n) is 11.4. The quantitative estimate of drug-likeness (QED) is 0.516. The van der Waals surface area contributed by atoms with Gasteiger partial charge in [-0.3, -0.25) is 9.78 Å². The van der Waals surface area contributed by atoms with Crippen LogP contribution in [-0.2, 0) is 14.8 Å². The number of hydrogen-bond acceptors (Lipinski definition) is 4. The number of rotatable bonds is 7. The smallest absolute Gasteiger partial charge is 0.242 e. The molecule has 1 fully saturated rings. The molecule has 2 N–H and O–H groups in total. The zero-order valence-corrected chi connectivity index (χ0v) is 19.8. The van der Waals surface area contributed by atoms with E-state index in [-0.39, 0.29) is 34.6 Å². The molecule has 0 unspecified atom stereocenters. The minimum Gasteiger partial charge on any atom is -0.349 e. The van der Waals surface area contributed by atoms with Crippen LogP contribution in [0.5, 0.6) is 0 Å². The molecule has 8 heteroatoms. The predicted molar refractivity (Wildman–Crippen MR) is 129 cm³/mol. The lowest BCUT2D eigenvalue weighted by atomic mass is 9.85. The number of benzene rings is 2. The molecule has 0 spiro atoms. The van der Waals surface area contributed by atoms with E-state index < -0.39 is 10.0 Å². The molecule has 178 valence electrons. The molecule has 1 aromatic heterocycles. The lowest BCUT2D eigenvalue weighted by Gasteiger charge is -2.29. The topological polar surface area (TPSA) is 88.2 Å². The lowest BCUT2D eigenvalue weighted by Crippen LogP contribution is -2.41. The van der Waals surface area contributed by atoms with E-state index in [1.165, 1.54) is 18.3 Å². The zero-order chi connectivity index (χ0) is 24.1. The van der Waals surface area contributed by atoms with Crippen molar-refractivity contribution in [3.63, 3.8) is 0 Å². The van der Waals surface area contributed by atoms with Crippen molar-refractivity contribution in [3.05, 3.63) is 84.3 Å². The number of halogens is 1. The third-order valence-corrected chi connectivity index (χ3v) is 7.77. The van der Waals surface area contributed by atoms with E-state index in [0.29, 0.717) is 31.4 Å². The fourth-order valence-electron chi connectivity index (χ4n) is 4.25. The van der Waals surface area contributed by atoms with Crippen LogP contribution >= 0.6 is 0 Å². The highest BCUT2D eigenvalue weighted by molar-refractivity contribution is 7.89. The number of nitrogens with one attached hydrogen (secondary N) is 2. The molecule has 1 aliphatic carbocycles. The molecule has 0 saturated heterocycles. The highest BCUT2D eigenvalue weighted by Crippen LogP contribution is 2.27. The lowest BCUT2D eigenvalue weighted by molar-refractivity contribution is -0.126. The Bertz CT molecular complexity index is 1210. The van der Waals surface area contributed by atoms with Gasteiger partial charge in [-0.15, -0.1) is 0 Å². The van der Waals surface area contributed by atoms with Gasteiger partial charge in [-0.05, 0) is 62.4 Å². The molecule has 1 heterocycles. The molecule has 34 heavy (non-hydrogen) atoms. The summed E-state index contributed by atoms with van der Waals surface area (Å²) in [7, 11) is -3.70. The van der Waals surface area contributed by atoms with E-state index in [2.05, 4.69) is 15.0 Å². The van der Waals surface area contributed by atoms with Gasteiger partial charge in [0.25, 0.3) is 0 Å². The maximum Gasteiger partial charge on any atom is 0.242 e. The molecular weight excluding hydrogens is 453 g/mol. The predicted octanol–water partition coefficient (Wildman–Crippen LogP) is 4.60. The Morgan fingerprint density at radius 1 is 0.971 bits per heavy atom. The van der Waals surface area contributed by atoms with E-state index in [4.69, 9.17) is 0 Å². The molecule has 2 aromatic carbocycles. The molecule has 4 rings (SSSR count). The summed E-state index contributed by atoms with van der Waals surface area (Å²) >= 11 is 0. The monoisotopic (exact) mass is 481 g/mol. The van der Waals surface area contributed by atoms with Gasteiger partial charge in [0, 0.05) is 23.7 Å². The second kappa shape index (κ2) is 10.4. The standard InChI is InChI=1S/C26H28FN3O3S/c1-18(19-7-11-22(27)12-8-19)29-26(31)21-9-13-23(14-10-21)30-34(32,33)24-15-16-25(28-17-24)20-5-3-2-4-6-20/h2-8,11-12,15-18,21,23,30H,9-10,13-14H2,1H3,(H,29,31)/t18-,21-,23-/m1/s1. The third-order valence-electron chi connectivity index (χ3n) is 6.26. The average Bonchev–Trinajstić information content (AvgIpc) is 2.85. The second-order valence-electron chi connectivity index (χ2n) is 8.70. The van der Waals surface area contributed by atoms with E-state index in [1.54, 1.807) is 24.3 Å². The fraction of sp³-hybridized carbons (Fsp3) is 0.308. The third kappa shape index (κ3) is 5.87. The summed E-state index contributed by atoms with van der Waals surface area (Å²) in [6.45, 7) is 1.86. The summed E-state index contributed by atoms with van der Waals surface area (Å²) in [6.07, 6.45) is 3.73. The summed E-state index contributed by atoms with van der Waals surface area (Å²) in [5, 5.41) is 2.98. The summed E-state index contributed by atoms with van der Waals surface area (Å²) in [4.78, 5) is 17.1. The Kier molecular flexibility index (Phi) is 7.38. The molecule has 3 aromatic rings. The molecule has 0 aliphatic heterocycles. The first kappa shape index (κ1) is 24.0. The van der Waals surface area contributed by atoms with Crippen molar-refractivity contribution < 1.29 is 17.6 Å². The van der Waals surface area contributed by atoms with Crippen LogP contribution in [0.3, 0.4) is 0 Å². The van der Waals surface area contributed by atoms with Crippen molar-refractivity contribution in [1.82, 2.24) is 15.0 Å². The van der Waals surface area contributed by atoms with Gasteiger partial charge >= 0.3 is 0 Å². The Labute approximate surface area is 199 Å². The van der Waals surface area contributed by atoms with Gasteiger partial charge in [0.15, 0.2) is 0 Å². The van der Waals surface area contributed by atoms with Crippen molar-refractivity contribution in [2.45, 2.75) is 49.6 Å². The minimum atomic E-state index is -3.70. The number of aromatic nitrogens is 1. The summed E-state index contributed by atoms with van der Waals surface area (Å²) < 4.78 is 41.5. The van der Waals surface area contributed by atoms with Crippen LogP contribution < -0.4 is 10.0 Å². The van der Waals surface area contributed by atoms with Gasteiger partial charge in [0.05, 0.1) is 11.7 Å². The number of pyridine rings is 1. The van der Waals surface area contributed by atoms with E-state index in [9.17, 15) is 17.6 Å². The normalized spacial score (nSPS) is 19.4. The van der Waals surface area contributed by atoms with Crippen LogP contribution in [0.15, 0.2) is 77.8 Å². The van der Waals surface area contributed by atoms with Gasteiger partial charge < -0.3 is 5.32 Å². The first-order chi connectivity index (χ1) is 16.3. The molecule has 0 radical (unpaired) electrons. The Balaban J connectivity index is 1.30. The van der Waals surface area contributed by atoms with E-state index in [0.717, 1.165) is 11.1 Å². The Hall–Kier alpha value is -3.10. The molecular formula is C26H28FN3O3S. The summed E-state index contributed by atoms with van der Waals surface area (Å²) in [5.41, 5.74) is 2.47. The zero-order valence-electron chi connectivity index (χ0n) is 18.9. The number of hydrogen-bond donors (Lipinski definition) is 2. The molecule has 0 bridgehead atoms. The summed E-state index contributed by atoms with van der Waals surface area (Å²) in [6, 6.07) is 18.5. The Morgan fingerprint density at radius 3 is 2.26 bits per heavy atom. The van der Waals surface area contributed by atoms with Crippen LogP contribution in [-0.4, -0.2) is 25.4 Å². The highest BCUT2D eigenvalue weighted by Gasteiger charge is 2.30. The molecule has 1 atom stereocenters. The number of sulfonamides is 1. The first-order valence-corrected chi connectivity index (χ1v) is 12.9. The SMILES string of the molecule is C[C@@H](NC(=O)[C@H]1CC[C@H](NS(=O)(=O)c2ccc(-c3ccccc3)nc2)CC1)c1ccc(F)cc1. The maximum atomic E-state index is 13.1. The number of carbonyl (C=O) groups is 1. The number of carbonyl (C=O) groups excluding carboxylic acids is 1. The highest BCUT2D eigenvalue weighted by atomic mass is 32.2. The van der Waals surface area contributed by atoms with Gasteiger partial charge in [0.1, 0.15) is 10.7 Å². The minimum absolute atomic E-state index is 0.0566. The fourth-order valence-corrected chi connectivity index (χ4v) is 5.50. The van der Waals surface area contributed by atoms with Crippen molar-refractivity contribution >= 4 is 15.9 Å². The van der Waals surface area contributed by atoms with Crippen molar-refractivity contribution in [2.24, 2.45) is 5.92 Å². The van der Waals surface area contributed by atoms with Crippen molar-refractivity contribution in [1.29, 1.82) is 0 Å². The van der Waals surface area contributed by atoms with Crippen molar-refractivity contribution in [3.8, 4) is 11.3 Å². The second-order valence-corrected chi connectivity index (χ2v) is 10.4. The molecule has 1 aliphatic rings. The molecule has 6 nitrogen and oxygen atoms in total. The van der Waals surface area contributed by atoms with Crippen LogP contribution in [0.2, 0.25) is 0 Å². The van der Waals surface area contributed by atoms with Crippen LogP contribution in [0.1, 0.15) is 44.2 Å². The number of nitrogens with zero attached hydrogens (tertiary/aromatic N) is 1. The molecule has 1 amide bonds. The van der Waals surface area contributed by atoms with Gasteiger partial charge in [-0.2, -0.15) is 0 Å². The van der Waals surface area contributed by atoms with Crippen LogP contribution in [0.25, 0.3) is 11.3 Å². The van der Waals surface area contributed by atoms with E-state index >= 15 is 0 Å². The van der Waals surface area contributed by atoms with Crippen molar-refractivity contribution in [2.75, 3.05) is 0 Å². The maximum absolute atomic E-state index is 13.1.